The Morgan fingerprint density at radius 1 is 0.920 bits per heavy atom. The van der Waals surface area contributed by atoms with Gasteiger partial charge in [-0.15, -0.1) is 0 Å². The average Bonchev–Trinajstić information content (AvgIpc) is 2.45. The van der Waals surface area contributed by atoms with Gasteiger partial charge < -0.3 is 5.32 Å². The first-order valence-corrected chi connectivity index (χ1v) is 8.05. The number of nitrogens with one attached hydrogen (secondary N) is 1. The van der Waals surface area contributed by atoms with Gasteiger partial charge in [0.1, 0.15) is 0 Å². The summed E-state index contributed by atoms with van der Waals surface area (Å²) in [6.07, 6.45) is -9.40. The van der Waals surface area contributed by atoms with Crippen LogP contribution in [0.4, 0.5) is 26.3 Å². The Morgan fingerprint density at radius 2 is 1.48 bits per heavy atom. The van der Waals surface area contributed by atoms with Gasteiger partial charge in [0.05, 0.1) is 11.1 Å². The third-order valence-corrected chi connectivity index (χ3v) is 4.32. The lowest BCUT2D eigenvalue weighted by molar-refractivity contribution is -0.142. The number of alkyl halides is 6. The van der Waals surface area contributed by atoms with E-state index in [9.17, 15) is 26.3 Å². The van der Waals surface area contributed by atoms with E-state index in [4.69, 9.17) is 0 Å². The standard InChI is InChI=1S/C17H22F6N2/c1-15(2,3)14(25-8-6-24-7-9-25)12-10-11(16(18,19)20)4-5-13(12)17(21,22)23/h4-5,10,14,24H,6-9H2,1-3H3/t14-/m1/s1. The van der Waals surface area contributed by atoms with Crippen LogP contribution in [0.15, 0.2) is 18.2 Å². The third kappa shape index (κ3) is 4.67. The van der Waals surface area contributed by atoms with Gasteiger partial charge in [-0.05, 0) is 29.2 Å². The first-order valence-electron chi connectivity index (χ1n) is 8.05. The Bertz CT molecular complexity index is 595. The van der Waals surface area contributed by atoms with Gasteiger partial charge in [0.15, 0.2) is 0 Å². The molecular formula is C17H22F6N2. The van der Waals surface area contributed by atoms with Crippen LogP contribution < -0.4 is 5.32 Å². The van der Waals surface area contributed by atoms with Gasteiger partial charge in [-0.2, -0.15) is 26.3 Å². The molecule has 1 atom stereocenters. The average molecular weight is 368 g/mol. The van der Waals surface area contributed by atoms with Crippen LogP contribution in [0.1, 0.15) is 43.5 Å². The minimum absolute atomic E-state index is 0.309. The van der Waals surface area contributed by atoms with Crippen LogP contribution in [-0.4, -0.2) is 31.1 Å². The van der Waals surface area contributed by atoms with Crippen LogP contribution in [0.2, 0.25) is 0 Å². The Hall–Kier alpha value is -1.28. The molecule has 0 unspecified atom stereocenters. The molecule has 0 saturated carbocycles. The van der Waals surface area contributed by atoms with Crippen LogP contribution in [0.5, 0.6) is 0 Å². The highest BCUT2D eigenvalue weighted by Crippen LogP contribution is 2.45. The molecule has 1 aliphatic heterocycles. The SMILES string of the molecule is CC(C)(C)[C@@H](c1cc(C(F)(F)F)ccc1C(F)(F)F)N1CCNCC1. The topological polar surface area (TPSA) is 15.3 Å². The molecule has 0 amide bonds. The summed E-state index contributed by atoms with van der Waals surface area (Å²) in [6, 6.07) is 0.956. The molecule has 0 bridgehead atoms. The van der Waals surface area contributed by atoms with Gasteiger partial charge in [0, 0.05) is 32.2 Å². The van der Waals surface area contributed by atoms with E-state index in [1.807, 2.05) is 4.90 Å². The first kappa shape index (κ1) is 20.0. The molecule has 142 valence electrons. The molecule has 1 heterocycles. The summed E-state index contributed by atoms with van der Waals surface area (Å²) in [4.78, 5) is 1.83. The lowest BCUT2D eigenvalue weighted by Crippen LogP contribution is -2.48. The summed E-state index contributed by atoms with van der Waals surface area (Å²) >= 11 is 0. The molecule has 8 heteroatoms. The molecule has 1 N–H and O–H groups in total. The van der Waals surface area contributed by atoms with E-state index in [2.05, 4.69) is 5.32 Å². The number of halogens is 6. The van der Waals surface area contributed by atoms with E-state index in [-0.39, 0.29) is 5.56 Å². The van der Waals surface area contributed by atoms with Gasteiger partial charge in [-0.25, -0.2) is 0 Å². The Morgan fingerprint density at radius 3 is 1.92 bits per heavy atom. The van der Waals surface area contributed by atoms with Crippen molar-refractivity contribution < 1.29 is 26.3 Å². The Kier molecular flexibility index (Phi) is 5.45. The Labute approximate surface area is 143 Å². The highest BCUT2D eigenvalue weighted by Gasteiger charge is 2.42. The largest absolute Gasteiger partial charge is 0.416 e. The lowest BCUT2D eigenvalue weighted by Gasteiger charge is -2.43. The predicted molar refractivity (Wildman–Crippen MR) is 83.1 cm³/mol. The van der Waals surface area contributed by atoms with Crippen LogP contribution in [0.25, 0.3) is 0 Å². The van der Waals surface area contributed by atoms with Crippen LogP contribution in [0, 0.1) is 5.41 Å². The van der Waals surface area contributed by atoms with Crippen molar-refractivity contribution in [3.8, 4) is 0 Å². The summed E-state index contributed by atoms with van der Waals surface area (Å²) < 4.78 is 79.7. The van der Waals surface area contributed by atoms with E-state index in [1.165, 1.54) is 0 Å². The second kappa shape index (κ2) is 6.79. The van der Waals surface area contributed by atoms with Crippen LogP contribution in [0.3, 0.4) is 0 Å². The van der Waals surface area contributed by atoms with Gasteiger partial charge in [-0.1, -0.05) is 20.8 Å². The van der Waals surface area contributed by atoms with Gasteiger partial charge in [0.25, 0.3) is 0 Å². The molecule has 1 fully saturated rings. The number of benzene rings is 1. The predicted octanol–water partition coefficient (Wildman–Crippen LogP) is 4.72. The maximum Gasteiger partial charge on any atom is 0.416 e. The number of rotatable bonds is 2. The fourth-order valence-electron chi connectivity index (χ4n) is 3.37. The molecule has 1 aromatic carbocycles. The van der Waals surface area contributed by atoms with Crippen molar-refractivity contribution in [1.29, 1.82) is 0 Å². The molecule has 0 spiro atoms. The van der Waals surface area contributed by atoms with Crippen molar-refractivity contribution in [2.75, 3.05) is 26.2 Å². The fraction of sp³-hybridized carbons (Fsp3) is 0.647. The highest BCUT2D eigenvalue weighted by atomic mass is 19.4. The second-order valence-electron chi connectivity index (χ2n) is 7.35. The maximum absolute atomic E-state index is 13.5. The number of hydrogen-bond donors (Lipinski definition) is 1. The third-order valence-electron chi connectivity index (χ3n) is 4.32. The lowest BCUT2D eigenvalue weighted by atomic mass is 9.78. The summed E-state index contributed by atoms with van der Waals surface area (Å²) in [6.45, 7) is 7.39. The van der Waals surface area contributed by atoms with E-state index in [0.29, 0.717) is 44.4 Å². The smallest absolute Gasteiger partial charge is 0.314 e. The highest BCUT2D eigenvalue weighted by molar-refractivity contribution is 5.38. The van der Waals surface area contributed by atoms with E-state index < -0.39 is 34.9 Å². The fourth-order valence-corrected chi connectivity index (χ4v) is 3.37. The molecule has 0 aromatic heterocycles. The Balaban J connectivity index is 2.64. The zero-order valence-corrected chi connectivity index (χ0v) is 14.4. The quantitative estimate of drug-likeness (QED) is 0.760. The van der Waals surface area contributed by atoms with Crippen LogP contribution in [-0.2, 0) is 12.4 Å². The van der Waals surface area contributed by atoms with Crippen molar-refractivity contribution in [2.45, 2.75) is 39.2 Å². The normalized spacial score (nSPS) is 19.1. The van der Waals surface area contributed by atoms with Crippen LogP contribution >= 0.6 is 0 Å². The molecule has 25 heavy (non-hydrogen) atoms. The van der Waals surface area contributed by atoms with E-state index in [1.54, 1.807) is 20.8 Å². The minimum Gasteiger partial charge on any atom is -0.314 e. The molecule has 1 aromatic rings. The van der Waals surface area contributed by atoms with Crippen molar-refractivity contribution in [2.24, 2.45) is 5.41 Å². The number of hydrogen-bond acceptors (Lipinski definition) is 2. The van der Waals surface area contributed by atoms with E-state index in [0.717, 1.165) is 0 Å². The number of nitrogens with zero attached hydrogens (tertiary/aromatic N) is 1. The molecule has 2 rings (SSSR count). The van der Waals surface area contributed by atoms with E-state index >= 15 is 0 Å². The van der Waals surface area contributed by atoms with Gasteiger partial charge in [-0.3, -0.25) is 4.90 Å². The molecule has 0 radical (unpaired) electrons. The summed E-state index contributed by atoms with van der Waals surface area (Å²) in [7, 11) is 0. The van der Waals surface area contributed by atoms with Crippen molar-refractivity contribution in [1.82, 2.24) is 10.2 Å². The van der Waals surface area contributed by atoms with Crippen molar-refractivity contribution in [3.63, 3.8) is 0 Å². The second-order valence-corrected chi connectivity index (χ2v) is 7.35. The monoisotopic (exact) mass is 368 g/mol. The number of piperazine rings is 1. The molecule has 2 nitrogen and oxygen atoms in total. The van der Waals surface area contributed by atoms with Gasteiger partial charge >= 0.3 is 12.4 Å². The zero-order valence-electron chi connectivity index (χ0n) is 14.4. The van der Waals surface area contributed by atoms with Gasteiger partial charge in [0.2, 0.25) is 0 Å². The molecule has 0 aliphatic carbocycles. The molecular weight excluding hydrogens is 346 g/mol. The summed E-state index contributed by atoms with van der Waals surface area (Å²) in [5.74, 6) is 0. The first-order chi connectivity index (χ1) is 11.3. The van der Waals surface area contributed by atoms with Crippen molar-refractivity contribution >= 4 is 0 Å². The maximum atomic E-state index is 13.5. The summed E-state index contributed by atoms with van der Waals surface area (Å²) in [5, 5.41) is 3.11. The minimum atomic E-state index is -4.71. The zero-order chi connectivity index (χ0) is 19.0. The molecule has 1 aliphatic rings. The summed E-state index contributed by atoms with van der Waals surface area (Å²) in [5.41, 5.74) is -3.03. The molecule has 1 saturated heterocycles. The van der Waals surface area contributed by atoms with Crippen molar-refractivity contribution in [3.05, 3.63) is 34.9 Å².